The molecule has 7 nitrogen and oxygen atoms in total. The van der Waals surface area contributed by atoms with Crippen molar-refractivity contribution >= 4 is 11.8 Å². The Bertz CT molecular complexity index is 1010. The highest BCUT2D eigenvalue weighted by molar-refractivity contribution is 5.96. The quantitative estimate of drug-likeness (QED) is 0.344. The first-order chi connectivity index (χ1) is 16.7. The molecule has 3 atom stereocenters. The third kappa shape index (κ3) is 8.95. The molecule has 0 radical (unpaired) electrons. The molecular weight excluding hydrogens is 454 g/mol. The van der Waals surface area contributed by atoms with Gasteiger partial charge in [-0.15, -0.1) is 0 Å². The van der Waals surface area contributed by atoms with Gasteiger partial charge < -0.3 is 26.2 Å². The second-order valence-electron chi connectivity index (χ2n) is 11.6. The fraction of sp³-hybridized carbons (Fsp3) is 0.517. The summed E-state index contributed by atoms with van der Waals surface area (Å²) in [5, 5.41) is 30.4. The maximum atomic E-state index is 13.1. The van der Waals surface area contributed by atoms with Crippen LogP contribution in [-0.2, 0) is 11.2 Å². The Balaban J connectivity index is 2.13. The van der Waals surface area contributed by atoms with E-state index >= 15 is 0 Å². The van der Waals surface area contributed by atoms with Gasteiger partial charge in [0.2, 0.25) is 5.91 Å². The highest BCUT2D eigenvalue weighted by Crippen LogP contribution is 2.22. The molecule has 0 aliphatic carbocycles. The Morgan fingerprint density at radius 1 is 0.944 bits per heavy atom. The number of rotatable bonds is 10. The molecule has 0 unspecified atom stereocenters. The largest absolute Gasteiger partial charge is 0.508 e. The van der Waals surface area contributed by atoms with E-state index in [4.69, 9.17) is 0 Å². The fourth-order valence-electron chi connectivity index (χ4n) is 4.08. The van der Waals surface area contributed by atoms with Crippen LogP contribution in [0.25, 0.3) is 0 Å². The third-order valence-electron chi connectivity index (χ3n) is 6.04. The lowest BCUT2D eigenvalue weighted by Gasteiger charge is -2.34. The summed E-state index contributed by atoms with van der Waals surface area (Å²) in [6.45, 7) is 13.9. The highest BCUT2D eigenvalue weighted by atomic mass is 16.3. The van der Waals surface area contributed by atoms with Gasteiger partial charge in [0, 0.05) is 16.7 Å². The molecule has 0 heterocycles. The molecule has 2 amide bonds. The van der Waals surface area contributed by atoms with Crippen LogP contribution < -0.4 is 16.0 Å². The Morgan fingerprint density at radius 3 is 2.17 bits per heavy atom. The number of nitrogens with one attached hydrogen (secondary N) is 3. The Hall–Kier alpha value is -2.90. The van der Waals surface area contributed by atoms with Gasteiger partial charge in [-0.25, -0.2) is 0 Å². The van der Waals surface area contributed by atoms with Crippen LogP contribution in [0.15, 0.2) is 48.5 Å². The first-order valence-corrected chi connectivity index (χ1v) is 12.6. The molecular formula is C29H43N3O4. The fourth-order valence-corrected chi connectivity index (χ4v) is 4.08. The van der Waals surface area contributed by atoms with Crippen LogP contribution >= 0.6 is 0 Å². The summed E-state index contributed by atoms with van der Waals surface area (Å²) in [5.41, 5.74) is 1.16. The summed E-state index contributed by atoms with van der Waals surface area (Å²) in [6.07, 6.45) is -0.0732. The Morgan fingerprint density at radius 2 is 1.58 bits per heavy atom. The maximum Gasteiger partial charge on any atom is 0.252 e. The summed E-state index contributed by atoms with van der Waals surface area (Å²) in [4.78, 5) is 26.0. The molecule has 0 spiro atoms. The first kappa shape index (κ1) is 29.3. The van der Waals surface area contributed by atoms with Crippen molar-refractivity contribution in [2.24, 2.45) is 5.41 Å². The minimum Gasteiger partial charge on any atom is -0.508 e. The van der Waals surface area contributed by atoms with E-state index in [9.17, 15) is 19.8 Å². The number of phenolic OH excluding ortho intramolecular Hbond substituents is 1. The van der Waals surface area contributed by atoms with E-state index in [1.165, 1.54) is 6.07 Å². The van der Waals surface area contributed by atoms with Gasteiger partial charge in [0.05, 0.1) is 18.2 Å². The van der Waals surface area contributed by atoms with Gasteiger partial charge in [0.15, 0.2) is 0 Å². The van der Waals surface area contributed by atoms with Gasteiger partial charge in [-0.1, -0.05) is 57.2 Å². The normalized spacial score (nSPS) is 14.6. The van der Waals surface area contributed by atoms with E-state index in [-0.39, 0.29) is 28.5 Å². The number of phenols is 1. The van der Waals surface area contributed by atoms with Crippen LogP contribution in [-0.4, -0.2) is 52.3 Å². The lowest BCUT2D eigenvalue weighted by atomic mass is 9.85. The van der Waals surface area contributed by atoms with E-state index in [0.717, 1.165) is 5.56 Å². The lowest BCUT2D eigenvalue weighted by molar-refractivity contribution is -0.127. The molecule has 2 rings (SSSR count). The predicted octanol–water partition coefficient (Wildman–Crippen LogP) is 3.71. The number of amides is 2. The molecule has 0 bridgehead atoms. The number of aromatic hydroxyl groups is 1. The molecule has 0 aliphatic rings. The Kier molecular flexibility index (Phi) is 10.1. The number of aliphatic hydroxyl groups excluding tert-OH is 1. The molecule has 0 aliphatic heterocycles. The average Bonchev–Trinajstić information content (AvgIpc) is 2.76. The number of hydrogen-bond acceptors (Lipinski definition) is 5. The number of carbonyl (C=O) groups excluding carboxylic acids is 2. The summed E-state index contributed by atoms with van der Waals surface area (Å²) >= 11 is 0. The van der Waals surface area contributed by atoms with Crippen molar-refractivity contribution in [1.82, 2.24) is 16.0 Å². The minimum atomic E-state index is -0.856. The van der Waals surface area contributed by atoms with Crippen molar-refractivity contribution in [3.63, 3.8) is 0 Å². The summed E-state index contributed by atoms with van der Waals surface area (Å²) in [5.74, 6) is -0.389. The number of carbonyl (C=O) groups is 2. The molecule has 7 heteroatoms. The molecule has 2 aromatic rings. The standard InChI is InChI=1S/C29H43N3O4/c1-19-21(14-11-15-23(19)33)26(35)31-22(18-20-12-9-8-10-13-20)24(34)16-17-30-25(28(2,3)4)27(36)32-29(5,6)7/h8-15,22,24-25,30,33-34H,16-18H2,1-7H3,(H,31,35)(H,32,36)/t22-,24+,25+/m0/s1. The van der Waals surface area contributed by atoms with Crippen LogP contribution in [0.5, 0.6) is 5.75 Å². The zero-order valence-electron chi connectivity index (χ0n) is 22.7. The van der Waals surface area contributed by atoms with Crippen molar-refractivity contribution in [3.8, 4) is 5.75 Å². The molecule has 0 fully saturated rings. The topological polar surface area (TPSA) is 111 Å². The van der Waals surface area contributed by atoms with Crippen molar-refractivity contribution in [1.29, 1.82) is 0 Å². The molecule has 36 heavy (non-hydrogen) atoms. The lowest BCUT2D eigenvalue weighted by Crippen LogP contribution is -2.56. The third-order valence-corrected chi connectivity index (χ3v) is 6.04. The van der Waals surface area contributed by atoms with E-state index in [0.29, 0.717) is 30.5 Å². The van der Waals surface area contributed by atoms with Crippen molar-refractivity contribution in [2.45, 2.75) is 85.0 Å². The maximum absolute atomic E-state index is 13.1. The summed E-state index contributed by atoms with van der Waals surface area (Å²) in [6, 6.07) is 13.5. The number of benzene rings is 2. The second kappa shape index (κ2) is 12.4. The molecule has 0 aromatic heterocycles. The van der Waals surface area contributed by atoms with Gasteiger partial charge in [-0.05, 0) is 70.2 Å². The highest BCUT2D eigenvalue weighted by Gasteiger charge is 2.33. The summed E-state index contributed by atoms with van der Waals surface area (Å²) in [7, 11) is 0. The van der Waals surface area contributed by atoms with E-state index in [1.807, 2.05) is 71.9 Å². The van der Waals surface area contributed by atoms with Crippen molar-refractivity contribution in [2.75, 3.05) is 6.54 Å². The van der Waals surface area contributed by atoms with Crippen LogP contribution in [0.4, 0.5) is 0 Å². The minimum absolute atomic E-state index is 0.0498. The van der Waals surface area contributed by atoms with Gasteiger partial charge in [0.25, 0.3) is 5.91 Å². The molecule has 2 aromatic carbocycles. The second-order valence-corrected chi connectivity index (χ2v) is 11.6. The van der Waals surface area contributed by atoms with E-state index < -0.39 is 18.2 Å². The van der Waals surface area contributed by atoms with Crippen LogP contribution in [0.3, 0.4) is 0 Å². The van der Waals surface area contributed by atoms with Gasteiger partial charge in [-0.2, -0.15) is 0 Å². The zero-order chi connectivity index (χ0) is 27.1. The predicted molar refractivity (Wildman–Crippen MR) is 144 cm³/mol. The van der Waals surface area contributed by atoms with Gasteiger partial charge in [0.1, 0.15) is 5.75 Å². The van der Waals surface area contributed by atoms with Crippen molar-refractivity contribution < 1.29 is 19.8 Å². The molecule has 198 valence electrons. The summed E-state index contributed by atoms with van der Waals surface area (Å²) < 4.78 is 0. The molecule has 0 saturated heterocycles. The average molecular weight is 498 g/mol. The van der Waals surface area contributed by atoms with Crippen molar-refractivity contribution in [3.05, 3.63) is 65.2 Å². The van der Waals surface area contributed by atoms with E-state index in [2.05, 4.69) is 16.0 Å². The number of aliphatic hydroxyl groups is 1. The van der Waals surface area contributed by atoms with E-state index in [1.54, 1.807) is 19.1 Å². The van der Waals surface area contributed by atoms with Crippen LogP contribution in [0.1, 0.15) is 69.4 Å². The molecule has 0 saturated carbocycles. The molecule has 5 N–H and O–H groups in total. The number of hydrogen-bond donors (Lipinski definition) is 5. The monoisotopic (exact) mass is 497 g/mol. The van der Waals surface area contributed by atoms with Gasteiger partial charge >= 0.3 is 0 Å². The first-order valence-electron chi connectivity index (χ1n) is 12.6. The zero-order valence-corrected chi connectivity index (χ0v) is 22.7. The SMILES string of the molecule is Cc1c(O)cccc1C(=O)N[C@@H](Cc1ccccc1)[C@H](O)CCN[C@H](C(=O)NC(C)(C)C)C(C)(C)C. The smallest absolute Gasteiger partial charge is 0.252 e. The van der Waals surface area contributed by atoms with Gasteiger partial charge in [-0.3, -0.25) is 9.59 Å². The van der Waals surface area contributed by atoms with Crippen LogP contribution in [0.2, 0.25) is 0 Å². The Labute approximate surface area is 215 Å². The van der Waals surface area contributed by atoms with Crippen LogP contribution in [0, 0.1) is 12.3 Å².